The Labute approximate surface area is 302 Å². The molecule has 0 unspecified atom stereocenters. The summed E-state index contributed by atoms with van der Waals surface area (Å²) >= 11 is 0. The summed E-state index contributed by atoms with van der Waals surface area (Å²) < 4.78 is 37.7. The lowest BCUT2D eigenvalue weighted by Gasteiger charge is -2.20. The summed E-state index contributed by atoms with van der Waals surface area (Å²) in [7, 11) is 3.43. The van der Waals surface area contributed by atoms with E-state index in [2.05, 4.69) is 64.1 Å². The molecule has 50 heavy (non-hydrogen) atoms. The lowest BCUT2D eigenvalue weighted by molar-refractivity contribution is 0.259. The van der Waals surface area contributed by atoms with E-state index >= 15 is 0 Å². The first-order valence-electron chi connectivity index (χ1n) is 19.7. The summed E-state index contributed by atoms with van der Waals surface area (Å²) in [6, 6.07) is 12.9. The zero-order chi connectivity index (χ0) is 35.6. The van der Waals surface area contributed by atoms with Crippen molar-refractivity contribution in [1.82, 2.24) is 0 Å². The molecule has 0 aromatic heterocycles. The second-order valence-electron chi connectivity index (χ2n) is 13.6. The number of ether oxygens (including phenoxy) is 6. The van der Waals surface area contributed by atoms with Gasteiger partial charge in [-0.1, -0.05) is 105 Å². The van der Waals surface area contributed by atoms with Gasteiger partial charge in [0.05, 0.1) is 40.6 Å². The van der Waals surface area contributed by atoms with Crippen LogP contribution in [0.4, 0.5) is 0 Å². The van der Waals surface area contributed by atoms with Gasteiger partial charge in [-0.3, -0.25) is 0 Å². The van der Waals surface area contributed by atoms with Crippen molar-refractivity contribution in [3.05, 3.63) is 36.4 Å². The standard InChI is InChI=1S/C44H64O6/c1-7-11-15-19-23-47-41-29-35-33(27-39(41)45-5)34-28-40(46-6)42(48-24-20-16-12-8-2)30-36(34)38-32-44(50-26-22-18-14-10-4)43(31-37(35)38)49-25-21-17-13-9-3/h27-32H,7-26H2,1-6H3. The largest absolute Gasteiger partial charge is 0.493 e. The van der Waals surface area contributed by atoms with Crippen molar-refractivity contribution >= 4 is 32.3 Å². The molecule has 4 aromatic rings. The third kappa shape index (κ3) is 10.7. The topological polar surface area (TPSA) is 55.4 Å². The first-order valence-corrected chi connectivity index (χ1v) is 19.7. The molecule has 0 radical (unpaired) electrons. The Kier molecular flexibility index (Phi) is 17.0. The van der Waals surface area contributed by atoms with Crippen molar-refractivity contribution in [3.8, 4) is 34.5 Å². The fourth-order valence-corrected chi connectivity index (χ4v) is 6.63. The van der Waals surface area contributed by atoms with E-state index in [4.69, 9.17) is 28.4 Å². The number of hydrogen-bond acceptors (Lipinski definition) is 6. The van der Waals surface area contributed by atoms with Gasteiger partial charge in [0.2, 0.25) is 0 Å². The summed E-state index contributed by atoms with van der Waals surface area (Å²) in [5, 5.41) is 6.48. The molecule has 0 N–H and O–H groups in total. The summed E-state index contributed by atoms with van der Waals surface area (Å²) in [6.07, 6.45) is 18.3. The number of methoxy groups -OCH3 is 2. The van der Waals surface area contributed by atoms with Crippen LogP contribution in [0.5, 0.6) is 34.5 Å². The summed E-state index contributed by atoms with van der Waals surface area (Å²) in [6.45, 7) is 11.6. The van der Waals surface area contributed by atoms with Crippen LogP contribution in [-0.4, -0.2) is 40.6 Å². The van der Waals surface area contributed by atoms with E-state index in [1.54, 1.807) is 14.2 Å². The highest BCUT2D eigenvalue weighted by Crippen LogP contribution is 2.47. The molecule has 0 aliphatic heterocycles. The minimum atomic E-state index is 0.655. The van der Waals surface area contributed by atoms with Crippen LogP contribution in [0.1, 0.15) is 130 Å². The van der Waals surface area contributed by atoms with Crippen molar-refractivity contribution in [3.63, 3.8) is 0 Å². The molecule has 0 fully saturated rings. The highest BCUT2D eigenvalue weighted by atomic mass is 16.5. The maximum Gasteiger partial charge on any atom is 0.161 e. The van der Waals surface area contributed by atoms with Crippen LogP contribution in [0, 0.1) is 0 Å². The highest BCUT2D eigenvalue weighted by Gasteiger charge is 2.20. The molecule has 276 valence electrons. The van der Waals surface area contributed by atoms with Crippen molar-refractivity contribution < 1.29 is 28.4 Å². The van der Waals surface area contributed by atoms with Gasteiger partial charge in [0.25, 0.3) is 0 Å². The molecule has 0 amide bonds. The lowest BCUT2D eigenvalue weighted by Crippen LogP contribution is -2.04. The highest BCUT2D eigenvalue weighted by molar-refractivity contribution is 6.26. The third-order valence-electron chi connectivity index (χ3n) is 9.58. The zero-order valence-corrected chi connectivity index (χ0v) is 32.1. The van der Waals surface area contributed by atoms with Crippen molar-refractivity contribution in [2.24, 2.45) is 0 Å². The first kappa shape index (κ1) is 39.2. The fraction of sp³-hybridized carbons (Fsp3) is 0.591. The zero-order valence-electron chi connectivity index (χ0n) is 32.1. The molecule has 4 rings (SSSR count). The van der Waals surface area contributed by atoms with E-state index in [0.717, 1.165) is 118 Å². The lowest BCUT2D eigenvalue weighted by atomic mass is 9.93. The van der Waals surface area contributed by atoms with Gasteiger partial charge in [-0.25, -0.2) is 0 Å². The predicted molar refractivity (Wildman–Crippen MR) is 211 cm³/mol. The molecule has 0 bridgehead atoms. The van der Waals surface area contributed by atoms with Crippen LogP contribution in [-0.2, 0) is 0 Å². The molecular formula is C44H64O6. The molecule has 4 aromatic carbocycles. The Morgan fingerprint density at radius 3 is 0.740 bits per heavy atom. The summed E-state index contributed by atoms with van der Waals surface area (Å²) in [5.74, 6) is 4.56. The minimum absolute atomic E-state index is 0.655. The summed E-state index contributed by atoms with van der Waals surface area (Å²) in [5.41, 5.74) is 0. The Hall–Kier alpha value is -3.54. The second kappa shape index (κ2) is 21.6. The van der Waals surface area contributed by atoms with Gasteiger partial charge in [-0.2, -0.15) is 0 Å². The molecule has 0 atom stereocenters. The monoisotopic (exact) mass is 688 g/mol. The van der Waals surface area contributed by atoms with E-state index in [9.17, 15) is 0 Å². The van der Waals surface area contributed by atoms with Crippen LogP contribution in [0.25, 0.3) is 32.3 Å². The van der Waals surface area contributed by atoms with Crippen LogP contribution in [0.3, 0.4) is 0 Å². The van der Waals surface area contributed by atoms with Gasteiger partial charge < -0.3 is 28.4 Å². The van der Waals surface area contributed by atoms with Crippen LogP contribution in [0.15, 0.2) is 36.4 Å². The van der Waals surface area contributed by atoms with Crippen molar-refractivity contribution in [2.45, 2.75) is 130 Å². The third-order valence-corrected chi connectivity index (χ3v) is 9.58. The maximum absolute atomic E-state index is 6.53. The quantitative estimate of drug-likeness (QED) is 0.0483. The van der Waals surface area contributed by atoms with E-state index in [1.807, 2.05) is 0 Å². The van der Waals surface area contributed by atoms with E-state index in [1.165, 1.54) is 51.4 Å². The summed E-state index contributed by atoms with van der Waals surface area (Å²) in [4.78, 5) is 0. The SMILES string of the molecule is CCCCCCOc1cc2c(cc1OC)c1cc(OC)c(OCCCCCC)cc1c1cc(OCCCCCC)c(OCCCCCC)cc21. The fourth-order valence-electron chi connectivity index (χ4n) is 6.63. The van der Waals surface area contributed by atoms with E-state index in [-0.39, 0.29) is 0 Å². The van der Waals surface area contributed by atoms with Gasteiger partial charge in [0.15, 0.2) is 34.5 Å². The number of unbranched alkanes of at least 4 members (excludes halogenated alkanes) is 12. The van der Waals surface area contributed by atoms with Crippen molar-refractivity contribution in [2.75, 3.05) is 40.6 Å². The number of rotatable bonds is 26. The molecule has 6 heteroatoms. The molecular weight excluding hydrogens is 624 g/mol. The van der Waals surface area contributed by atoms with E-state index < -0.39 is 0 Å². The van der Waals surface area contributed by atoms with Gasteiger partial charge in [-0.05, 0) is 94.4 Å². The van der Waals surface area contributed by atoms with Gasteiger partial charge in [0.1, 0.15) is 0 Å². The van der Waals surface area contributed by atoms with Crippen LogP contribution >= 0.6 is 0 Å². The van der Waals surface area contributed by atoms with Gasteiger partial charge in [0, 0.05) is 0 Å². The average Bonchev–Trinajstić information content (AvgIpc) is 3.14. The Balaban J connectivity index is 1.89. The first-order chi connectivity index (χ1) is 24.6. The second-order valence-corrected chi connectivity index (χ2v) is 13.6. The Morgan fingerprint density at radius 2 is 0.520 bits per heavy atom. The molecule has 0 aliphatic carbocycles. The smallest absolute Gasteiger partial charge is 0.161 e. The van der Waals surface area contributed by atoms with Crippen LogP contribution < -0.4 is 28.4 Å². The Morgan fingerprint density at radius 1 is 0.300 bits per heavy atom. The van der Waals surface area contributed by atoms with Crippen LogP contribution in [0.2, 0.25) is 0 Å². The molecule has 0 saturated heterocycles. The number of hydrogen-bond donors (Lipinski definition) is 0. The molecule has 0 heterocycles. The van der Waals surface area contributed by atoms with E-state index in [0.29, 0.717) is 26.4 Å². The normalized spacial score (nSPS) is 11.4. The average molecular weight is 689 g/mol. The molecule has 6 nitrogen and oxygen atoms in total. The number of benzene rings is 4. The number of fused-ring (bicyclic) bond motifs is 6. The van der Waals surface area contributed by atoms with Gasteiger partial charge >= 0.3 is 0 Å². The molecule has 0 spiro atoms. The molecule has 0 aliphatic rings. The minimum Gasteiger partial charge on any atom is -0.493 e. The molecule has 0 saturated carbocycles. The van der Waals surface area contributed by atoms with Gasteiger partial charge in [-0.15, -0.1) is 0 Å². The Bertz CT molecular complexity index is 1480. The van der Waals surface area contributed by atoms with Crippen molar-refractivity contribution in [1.29, 1.82) is 0 Å². The predicted octanol–water partition coefficient (Wildman–Crippen LogP) is 13.0. The maximum atomic E-state index is 6.53.